The fourth-order valence-electron chi connectivity index (χ4n) is 4.80. The number of carbonyl (C=O) groups is 2. The fraction of sp³-hybridized carbons (Fsp3) is 0.455. The van der Waals surface area contributed by atoms with Crippen LogP contribution in [-0.4, -0.2) is 51.3 Å². The standard InChI is InChI=1S/C22H25N3O5S/c26-20-2-1-16-11-19(12-17-5-9-25(20)21(16)17)31(28,29)23-13-15-3-7-24(8-4-15)22(27)18-6-10-30-14-18/h6,10-12,14-15,23H,1-5,7-9,13H2. The van der Waals surface area contributed by atoms with E-state index in [1.54, 1.807) is 28.0 Å². The van der Waals surface area contributed by atoms with Crippen LogP contribution in [0.15, 0.2) is 40.0 Å². The maximum Gasteiger partial charge on any atom is 0.257 e. The Hall–Kier alpha value is -2.65. The minimum atomic E-state index is -3.63. The number of piperidine rings is 1. The van der Waals surface area contributed by atoms with Crippen molar-refractivity contribution >= 4 is 27.5 Å². The Morgan fingerprint density at radius 2 is 1.84 bits per heavy atom. The molecule has 0 aliphatic carbocycles. The molecule has 164 valence electrons. The number of anilines is 1. The maximum atomic E-state index is 13.0. The number of benzene rings is 1. The number of aryl methyl sites for hydroxylation is 1. The van der Waals surface area contributed by atoms with Gasteiger partial charge in [0.1, 0.15) is 6.26 Å². The lowest BCUT2D eigenvalue weighted by molar-refractivity contribution is -0.118. The highest BCUT2D eigenvalue weighted by atomic mass is 32.2. The summed E-state index contributed by atoms with van der Waals surface area (Å²) in [7, 11) is -3.63. The van der Waals surface area contributed by atoms with Crippen LogP contribution in [-0.2, 0) is 27.7 Å². The van der Waals surface area contributed by atoms with E-state index >= 15 is 0 Å². The summed E-state index contributed by atoms with van der Waals surface area (Å²) in [5, 5.41) is 0. The number of amides is 2. The molecule has 31 heavy (non-hydrogen) atoms. The summed E-state index contributed by atoms with van der Waals surface area (Å²) >= 11 is 0. The molecule has 8 nitrogen and oxygen atoms in total. The van der Waals surface area contributed by atoms with Gasteiger partial charge in [-0.1, -0.05) is 0 Å². The van der Waals surface area contributed by atoms with E-state index in [0.29, 0.717) is 51.0 Å². The fourth-order valence-corrected chi connectivity index (χ4v) is 6.02. The largest absolute Gasteiger partial charge is 0.472 e. The van der Waals surface area contributed by atoms with Crippen LogP contribution >= 0.6 is 0 Å². The van der Waals surface area contributed by atoms with Crippen molar-refractivity contribution in [1.29, 1.82) is 0 Å². The second-order valence-corrected chi connectivity index (χ2v) is 10.3. The molecule has 0 bridgehead atoms. The quantitative estimate of drug-likeness (QED) is 0.761. The molecular weight excluding hydrogens is 418 g/mol. The van der Waals surface area contributed by atoms with Gasteiger partial charge in [-0.2, -0.15) is 0 Å². The van der Waals surface area contributed by atoms with Crippen molar-refractivity contribution < 1.29 is 22.4 Å². The van der Waals surface area contributed by atoms with E-state index in [4.69, 9.17) is 4.42 Å². The van der Waals surface area contributed by atoms with Crippen LogP contribution in [0.4, 0.5) is 5.69 Å². The molecule has 1 aromatic heterocycles. The van der Waals surface area contributed by atoms with E-state index in [2.05, 4.69) is 4.72 Å². The summed E-state index contributed by atoms with van der Waals surface area (Å²) in [5.74, 6) is 0.258. The minimum Gasteiger partial charge on any atom is -0.472 e. The zero-order valence-corrected chi connectivity index (χ0v) is 18.0. The second-order valence-electron chi connectivity index (χ2n) is 8.49. The van der Waals surface area contributed by atoms with Crippen LogP contribution < -0.4 is 9.62 Å². The lowest BCUT2D eigenvalue weighted by Gasteiger charge is -2.31. The zero-order chi connectivity index (χ0) is 21.6. The van der Waals surface area contributed by atoms with Crippen LogP contribution in [0.2, 0.25) is 0 Å². The Labute approximate surface area is 181 Å². The van der Waals surface area contributed by atoms with Gasteiger partial charge < -0.3 is 14.2 Å². The molecule has 3 aliphatic rings. The van der Waals surface area contributed by atoms with E-state index in [-0.39, 0.29) is 22.6 Å². The lowest BCUT2D eigenvalue weighted by Crippen LogP contribution is -2.41. The summed E-state index contributed by atoms with van der Waals surface area (Å²) in [6.45, 7) is 2.19. The highest BCUT2D eigenvalue weighted by molar-refractivity contribution is 7.89. The van der Waals surface area contributed by atoms with Crippen molar-refractivity contribution in [1.82, 2.24) is 9.62 Å². The third kappa shape index (κ3) is 3.76. The molecule has 1 saturated heterocycles. The highest BCUT2D eigenvalue weighted by Crippen LogP contribution is 2.38. The zero-order valence-electron chi connectivity index (χ0n) is 17.2. The van der Waals surface area contributed by atoms with Crippen LogP contribution in [0.3, 0.4) is 0 Å². The van der Waals surface area contributed by atoms with Crippen LogP contribution in [0, 0.1) is 5.92 Å². The van der Waals surface area contributed by atoms with Crippen molar-refractivity contribution in [3.8, 4) is 0 Å². The predicted octanol–water partition coefficient (Wildman–Crippen LogP) is 1.95. The molecule has 0 unspecified atom stereocenters. The van der Waals surface area contributed by atoms with Crippen LogP contribution in [0.25, 0.3) is 0 Å². The molecule has 1 fully saturated rings. The molecule has 0 atom stereocenters. The van der Waals surface area contributed by atoms with Gasteiger partial charge in [0.05, 0.1) is 22.4 Å². The third-order valence-corrected chi connectivity index (χ3v) is 7.97. The summed E-state index contributed by atoms with van der Waals surface area (Å²) < 4.78 is 33.7. The van der Waals surface area contributed by atoms with Gasteiger partial charge in [0, 0.05) is 32.6 Å². The molecule has 2 amide bonds. The number of furan rings is 1. The van der Waals surface area contributed by atoms with Gasteiger partial charge in [-0.05, 0) is 60.9 Å². The van der Waals surface area contributed by atoms with Gasteiger partial charge in [0.15, 0.2) is 0 Å². The maximum absolute atomic E-state index is 13.0. The molecule has 1 aromatic carbocycles. The van der Waals surface area contributed by atoms with E-state index in [1.165, 1.54) is 12.5 Å². The van der Waals surface area contributed by atoms with Crippen molar-refractivity contribution in [3.63, 3.8) is 0 Å². The smallest absolute Gasteiger partial charge is 0.257 e. The molecule has 9 heteroatoms. The minimum absolute atomic E-state index is 0.0487. The number of nitrogens with zero attached hydrogens (tertiary/aromatic N) is 2. The Bertz CT molecular complexity index is 1120. The molecule has 2 aromatic rings. The monoisotopic (exact) mass is 443 g/mol. The molecule has 0 saturated carbocycles. The summed E-state index contributed by atoms with van der Waals surface area (Å²) in [4.78, 5) is 28.3. The first-order valence-corrected chi connectivity index (χ1v) is 12.2. The average Bonchev–Trinajstić information content (AvgIpc) is 3.46. The number of likely N-dealkylation sites (tertiary alicyclic amines) is 1. The Balaban J connectivity index is 1.22. The highest BCUT2D eigenvalue weighted by Gasteiger charge is 2.33. The molecule has 5 rings (SSSR count). The van der Waals surface area contributed by atoms with Gasteiger partial charge in [0.2, 0.25) is 15.9 Å². The number of nitrogens with one attached hydrogen (secondary N) is 1. The van der Waals surface area contributed by atoms with Crippen LogP contribution in [0.1, 0.15) is 40.7 Å². The topological polar surface area (TPSA) is 99.9 Å². The van der Waals surface area contributed by atoms with E-state index in [0.717, 1.165) is 29.7 Å². The number of hydrogen-bond donors (Lipinski definition) is 1. The van der Waals surface area contributed by atoms with E-state index in [9.17, 15) is 18.0 Å². The first-order valence-electron chi connectivity index (χ1n) is 10.7. The first-order chi connectivity index (χ1) is 14.9. The predicted molar refractivity (Wildman–Crippen MR) is 113 cm³/mol. The lowest BCUT2D eigenvalue weighted by atomic mass is 9.97. The summed E-state index contributed by atoms with van der Waals surface area (Å²) in [6.07, 6.45) is 6.14. The molecule has 3 aliphatic heterocycles. The van der Waals surface area contributed by atoms with Crippen LogP contribution in [0.5, 0.6) is 0 Å². The summed E-state index contributed by atoms with van der Waals surface area (Å²) in [5.41, 5.74) is 3.35. The number of carbonyl (C=O) groups excluding carboxylic acids is 2. The van der Waals surface area contributed by atoms with Crippen molar-refractivity contribution in [2.24, 2.45) is 5.92 Å². The average molecular weight is 444 g/mol. The van der Waals surface area contributed by atoms with E-state index < -0.39 is 10.0 Å². The number of rotatable bonds is 5. The van der Waals surface area contributed by atoms with Gasteiger partial charge in [-0.3, -0.25) is 9.59 Å². The number of hydrogen-bond acceptors (Lipinski definition) is 5. The van der Waals surface area contributed by atoms with Gasteiger partial charge in [0.25, 0.3) is 5.91 Å². The van der Waals surface area contributed by atoms with Gasteiger partial charge >= 0.3 is 0 Å². The summed E-state index contributed by atoms with van der Waals surface area (Å²) in [6, 6.07) is 5.09. The van der Waals surface area contributed by atoms with Gasteiger partial charge in [-0.25, -0.2) is 13.1 Å². The molecule has 1 N–H and O–H groups in total. The van der Waals surface area contributed by atoms with Crippen molar-refractivity contribution in [2.45, 2.75) is 37.0 Å². The van der Waals surface area contributed by atoms with E-state index in [1.807, 2.05) is 0 Å². The SMILES string of the molecule is O=C(c1ccoc1)N1CCC(CNS(=O)(=O)c2cc3c4c(c2)CCN4C(=O)CC3)CC1. The Kier molecular flexibility index (Phi) is 5.10. The molecule has 4 heterocycles. The van der Waals surface area contributed by atoms with Gasteiger partial charge in [-0.15, -0.1) is 0 Å². The molecular formula is C22H25N3O5S. The molecule has 0 radical (unpaired) electrons. The van der Waals surface area contributed by atoms with Crippen molar-refractivity contribution in [2.75, 3.05) is 31.1 Å². The van der Waals surface area contributed by atoms with Crippen molar-refractivity contribution in [3.05, 3.63) is 47.4 Å². The number of sulfonamides is 1. The second kappa shape index (κ2) is 7.80. The Morgan fingerprint density at radius 1 is 1.10 bits per heavy atom. The Morgan fingerprint density at radius 3 is 2.55 bits per heavy atom. The molecule has 0 spiro atoms. The first kappa shape index (κ1) is 20.3. The normalized spacial score (nSPS) is 19.0. The third-order valence-electron chi connectivity index (χ3n) is 6.57.